The molecule has 0 saturated heterocycles. The summed E-state index contributed by atoms with van der Waals surface area (Å²) in [6.45, 7) is 4.83. The Bertz CT molecular complexity index is 320. The third kappa shape index (κ3) is 4.87. The lowest BCUT2D eigenvalue weighted by molar-refractivity contribution is 0.218. The topological polar surface area (TPSA) is 21.3 Å². The highest BCUT2D eigenvalue weighted by Gasteiger charge is 2.03. The first-order valence-electron chi connectivity index (χ1n) is 5.38. The number of rotatable bonds is 7. The molecule has 0 fully saturated rings. The van der Waals surface area contributed by atoms with Crippen molar-refractivity contribution < 1.29 is 4.74 Å². The van der Waals surface area contributed by atoms with Crippen molar-refractivity contribution in [3.63, 3.8) is 0 Å². The van der Waals surface area contributed by atoms with E-state index in [2.05, 4.69) is 46.4 Å². The Balaban J connectivity index is 2.64. The zero-order chi connectivity index (χ0) is 11.8. The van der Waals surface area contributed by atoms with Gasteiger partial charge in [0.15, 0.2) is 0 Å². The van der Waals surface area contributed by atoms with Crippen molar-refractivity contribution in [1.82, 2.24) is 5.32 Å². The first-order valence-corrected chi connectivity index (χ1v) is 7.16. The van der Waals surface area contributed by atoms with Gasteiger partial charge in [0.05, 0.1) is 6.61 Å². The molecule has 1 N–H and O–H groups in total. The van der Waals surface area contributed by atoms with Crippen LogP contribution < -0.4 is 5.32 Å². The predicted molar refractivity (Wildman–Crippen MR) is 74.1 cm³/mol. The molecule has 0 heterocycles. The van der Waals surface area contributed by atoms with E-state index in [1.165, 1.54) is 10.5 Å². The Kier molecular flexibility index (Phi) is 7.12. The van der Waals surface area contributed by atoms with Gasteiger partial charge >= 0.3 is 0 Å². The summed E-state index contributed by atoms with van der Waals surface area (Å²) < 4.78 is 6.20. The standard InChI is InChI=1S/C12H18BrNOS/c1-3-14-9-10-8-11(13)4-5-12(10)16-7-6-15-2/h4-5,8,14H,3,6-7,9H2,1-2H3. The fourth-order valence-corrected chi connectivity index (χ4v) is 2.68. The lowest BCUT2D eigenvalue weighted by atomic mass is 10.2. The first kappa shape index (κ1) is 14.0. The molecular formula is C12H18BrNOS. The highest BCUT2D eigenvalue weighted by Crippen LogP contribution is 2.25. The zero-order valence-electron chi connectivity index (χ0n) is 9.75. The molecule has 0 radical (unpaired) electrons. The summed E-state index contributed by atoms with van der Waals surface area (Å²) in [5.74, 6) is 0.997. The van der Waals surface area contributed by atoms with Gasteiger partial charge in [0.2, 0.25) is 0 Å². The molecule has 0 spiro atoms. The highest BCUT2D eigenvalue weighted by atomic mass is 79.9. The molecule has 4 heteroatoms. The average molecular weight is 304 g/mol. The zero-order valence-corrected chi connectivity index (χ0v) is 12.2. The van der Waals surface area contributed by atoms with Crippen LogP contribution in [0.4, 0.5) is 0 Å². The summed E-state index contributed by atoms with van der Waals surface area (Å²) in [6, 6.07) is 6.43. The molecule has 16 heavy (non-hydrogen) atoms. The Morgan fingerprint density at radius 3 is 2.94 bits per heavy atom. The van der Waals surface area contributed by atoms with Crippen molar-refractivity contribution in [3.05, 3.63) is 28.2 Å². The third-order valence-corrected chi connectivity index (χ3v) is 3.71. The molecule has 0 bridgehead atoms. The van der Waals surface area contributed by atoms with Gasteiger partial charge in [-0.25, -0.2) is 0 Å². The van der Waals surface area contributed by atoms with E-state index in [0.717, 1.165) is 29.9 Å². The summed E-state index contributed by atoms with van der Waals surface area (Å²) in [6.07, 6.45) is 0. The maximum absolute atomic E-state index is 5.06. The minimum atomic E-state index is 0.793. The van der Waals surface area contributed by atoms with E-state index in [-0.39, 0.29) is 0 Å². The van der Waals surface area contributed by atoms with E-state index < -0.39 is 0 Å². The van der Waals surface area contributed by atoms with E-state index in [0.29, 0.717) is 0 Å². The minimum absolute atomic E-state index is 0.793. The third-order valence-electron chi connectivity index (χ3n) is 2.13. The molecular weight excluding hydrogens is 286 g/mol. The molecule has 90 valence electrons. The quantitative estimate of drug-likeness (QED) is 0.617. The SMILES string of the molecule is CCNCc1cc(Br)ccc1SCCOC. The number of nitrogens with one attached hydrogen (secondary N) is 1. The van der Waals surface area contributed by atoms with E-state index >= 15 is 0 Å². The molecule has 0 aliphatic rings. The highest BCUT2D eigenvalue weighted by molar-refractivity contribution is 9.10. The lowest BCUT2D eigenvalue weighted by Gasteiger charge is -2.10. The monoisotopic (exact) mass is 303 g/mol. The predicted octanol–water partition coefficient (Wildman–Crippen LogP) is 3.30. The van der Waals surface area contributed by atoms with E-state index in [4.69, 9.17) is 4.74 Å². The largest absolute Gasteiger partial charge is 0.384 e. The Morgan fingerprint density at radius 1 is 1.44 bits per heavy atom. The summed E-state index contributed by atoms with van der Waals surface area (Å²) in [4.78, 5) is 1.33. The van der Waals surface area contributed by atoms with Gasteiger partial charge in [0.1, 0.15) is 0 Å². The van der Waals surface area contributed by atoms with Gasteiger partial charge in [-0.05, 0) is 30.3 Å². The maximum atomic E-state index is 5.06. The molecule has 1 rings (SSSR count). The maximum Gasteiger partial charge on any atom is 0.0556 e. The smallest absolute Gasteiger partial charge is 0.0556 e. The van der Waals surface area contributed by atoms with Crippen LogP contribution in [0.2, 0.25) is 0 Å². The van der Waals surface area contributed by atoms with Gasteiger partial charge in [-0.1, -0.05) is 22.9 Å². The number of ether oxygens (including phenoxy) is 1. The molecule has 0 saturated carbocycles. The second kappa shape index (κ2) is 8.12. The summed E-state index contributed by atoms with van der Waals surface area (Å²) in [7, 11) is 1.74. The molecule has 0 amide bonds. The second-order valence-corrected chi connectivity index (χ2v) is 5.43. The normalized spacial score (nSPS) is 10.7. The number of methoxy groups -OCH3 is 1. The van der Waals surface area contributed by atoms with Crippen LogP contribution in [-0.2, 0) is 11.3 Å². The molecule has 1 aromatic rings. The number of thioether (sulfide) groups is 1. The Hall–Kier alpha value is -0.0300. The molecule has 0 unspecified atom stereocenters. The second-order valence-electron chi connectivity index (χ2n) is 3.37. The molecule has 1 aromatic carbocycles. The van der Waals surface area contributed by atoms with Gasteiger partial charge in [-0.15, -0.1) is 11.8 Å². The average Bonchev–Trinajstić information content (AvgIpc) is 2.29. The summed E-state index contributed by atoms with van der Waals surface area (Å²) >= 11 is 5.35. The van der Waals surface area contributed by atoms with Crippen LogP contribution in [0.1, 0.15) is 12.5 Å². The van der Waals surface area contributed by atoms with Gasteiger partial charge < -0.3 is 10.1 Å². The molecule has 0 atom stereocenters. The van der Waals surface area contributed by atoms with Crippen molar-refractivity contribution in [3.8, 4) is 0 Å². The van der Waals surface area contributed by atoms with Crippen molar-refractivity contribution >= 4 is 27.7 Å². The minimum Gasteiger partial charge on any atom is -0.384 e. The number of hydrogen-bond acceptors (Lipinski definition) is 3. The van der Waals surface area contributed by atoms with Crippen LogP contribution >= 0.6 is 27.7 Å². The molecule has 2 nitrogen and oxygen atoms in total. The summed E-state index contributed by atoms with van der Waals surface area (Å²) in [5.41, 5.74) is 1.34. The van der Waals surface area contributed by atoms with E-state index in [1.807, 2.05) is 11.8 Å². The first-order chi connectivity index (χ1) is 7.77. The van der Waals surface area contributed by atoms with Gasteiger partial charge in [0.25, 0.3) is 0 Å². The van der Waals surface area contributed by atoms with Crippen LogP contribution in [-0.4, -0.2) is 26.0 Å². The molecule has 0 aliphatic carbocycles. The number of benzene rings is 1. The van der Waals surface area contributed by atoms with Crippen LogP contribution in [0.3, 0.4) is 0 Å². The number of halogens is 1. The fraction of sp³-hybridized carbons (Fsp3) is 0.500. The van der Waals surface area contributed by atoms with E-state index in [9.17, 15) is 0 Å². The van der Waals surface area contributed by atoms with Crippen molar-refractivity contribution in [2.45, 2.75) is 18.4 Å². The Morgan fingerprint density at radius 2 is 2.25 bits per heavy atom. The molecule has 0 aromatic heterocycles. The Labute approximate surface area is 110 Å². The fourth-order valence-electron chi connectivity index (χ4n) is 1.32. The van der Waals surface area contributed by atoms with Crippen molar-refractivity contribution in [2.24, 2.45) is 0 Å². The van der Waals surface area contributed by atoms with Crippen LogP contribution in [0.5, 0.6) is 0 Å². The van der Waals surface area contributed by atoms with Crippen molar-refractivity contribution in [2.75, 3.05) is 26.0 Å². The van der Waals surface area contributed by atoms with Crippen LogP contribution in [0.25, 0.3) is 0 Å². The lowest BCUT2D eigenvalue weighted by Crippen LogP contribution is -2.12. The van der Waals surface area contributed by atoms with Crippen LogP contribution in [0.15, 0.2) is 27.6 Å². The van der Waals surface area contributed by atoms with Gasteiger partial charge in [-0.2, -0.15) is 0 Å². The van der Waals surface area contributed by atoms with Crippen LogP contribution in [0, 0.1) is 0 Å². The number of hydrogen-bond donors (Lipinski definition) is 1. The molecule has 0 aliphatic heterocycles. The van der Waals surface area contributed by atoms with Crippen molar-refractivity contribution in [1.29, 1.82) is 0 Å². The summed E-state index contributed by atoms with van der Waals surface area (Å²) in [5, 5.41) is 3.36. The van der Waals surface area contributed by atoms with Gasteiger partial charge in [0, 0.05) is 28.8 Å². The van der Waals surface area contributed by atoms with Gasteiger partial charge in [-0.3, -0.25) is 0 Å². The van der Waals surface area contributed by atoms with E-state index in [1.54, 1.807) is 7.11 Å².